The van der Waals surface area contributed by atoms with Gasteiger partial charge in [0.15, 0.2) is 0 Å². The van der Waals surface area contributed by atoms with E-state index in [-0.39, 0.29) is 11.6 Å². The lowest BCUT2D eigenvalue weighted by atomic mass is 9.97. The van der Waals surface area contributed by atoms with Crippen LogP contribution in [-0.4, -0.2) is 6.04 Å². The molecule has 84 valence electrons. The largest absolute Gasteiger partial charge is 0.327 e. The van der Waals surface area contributed by atoms with Crippen LogP contribution in [0.1, 0.15) is 25.8 Å². The van der Waals surface area contributed by atoms with Gasteiger partial charge in [0.05, 0.1) is 0 Å². The monoisotopic (exact) mass is 213 g/mol. The number of rotatable bonds is 4. The fraction of sp³-hybridized carbons (Fsp3) is 0.500. The summed E-state index contributed by atoms with van der Waals surface area (Å²) in [7, 11) is 0. The second kappa shape index (κ2) is 5.21. The van der Waals surface area contributed by atoms with Crippen molar-refractivity contribution in [3.63, 3.8) is 0 Å². The van der Waals surface area contributed by atoms with Crippen LogP contribution in [0.2, 0.25) is 0 Å². The van der Waals surface area contributed by atoms with Crippen molar-refractivity contribution in [1.29, 1.82) is 0 Å². The van der Waals surface area contributed by atoms with Crippen molar-refractivity contribution in [3.8, 4) is 0 Å². The summed E-state index contributed by atoms with van der Waals surface area (Å²) in [5.74, 6) is -0.628. The standard InChI is InChI=1S/C12H17F2N/c1-8(2)12(15)7-6-9-10(13)4-3-5-11(9)14/h3-5,8,12H,6-7,15H2,1-2H3. The molecule has 0 amide bonds. The summed E-state index contributed by atoms with van der Waals surface area (Å²) in [5, 5.41) is 0. The van der Waals surface area contributed by atoms with Gasteiger partial charge in [0.2, 0.25) is 0 Å². The van der Waals surface area contributed by atoms with E-state index in [9.17, 15) is 8.78 Å². The van der Waals surface area contributed by atoms with Gasteiger partial charge in [-0.15, -0.1) is 0 Å². The lowest BCUT2D eigenvalue weighted by molar-refractivity contribution is 0.453. The molecular weight excluding hydrogens is 196 g/mol. The van der Waals surface area contributed by atoms with E-state index in [0.29, 0.717) is 18.8 Å². The van der Waals surface area contributed by atoms with Crippen LogP contribution >= 0.6 is 0 Å². The second-order valence-corrected chi connectivity index (χ2v) is 4.15. The Morgan fingerprint density at radius 3 is 2.20 bits per heavy atom. The van der Waals surface area contributed by atoms with Crippen LogP contribution in [-0.2, 0) is 6.42 Å². The molecule has 1 nitrogen and oxygen atoms in total. The van der Waals surface area contributed by atoms with Crippen molar-refractivity contribution in [2.24, 2.45) is 11.7 Å². The van der Waals surface area contributed by atoms with Gasteiger partial charge < -0.3 is 5.73 Å². The predicted molar refractivity (Wildman–Crippen MR) is 57.5 cm³/mol. The van der Waals surface area contributed by atoms with Crippen molar-refractivity contribution < 1.29 is 8.78 Å². The van der Waals surface area contributed by atoms with Gasteiger partial charge in [0, 0.05) is 11.6 Å². The number of hydrogen-bond donors (Lipinski definition) is 1. The third-order valence-electron chi connectivity index (χ3n) is 2.65. The third kappa shape index (κ3) is 3.27. The Labute approximate surface area is 89.3 Å². The molecule has 2 N–H and O–H groups in total. The Kier molecular flexibility index (Phi) is 4.21. The highest BCUT2D eigenvalue weighted by molar-refractivity contribution is 5.19. The highest BCUT2D eigenvalue weighted by atomic mass is 19.1. The van der Waals surface area contributed by atoms with Crippen LogP contribution in [0.4, 0.5) is 8.78 Å². The number of nitrogens with two attached hydrogens (primary N) is 1. The van der Waals surface area contributed by atoms with E-state index < -0.39 is 11.6 Å². The molecule has 0 aromatic heterocycles. The summed E-state index contributed by atoms with van der Waals surface area (Å²) in [6, 6.07) is 3.92. The van der Waals surface area contributed by atoms with E-state index in [1.54, 1.807) is 0 Å². The highest BCUT2D eigenvalue weighted by Gasteiger charge is 2.12. The Morgan fingerprint density at radius 2 is 1.73 bits per heavy atom. The van der Waals surface area contributed by atoms with Crippen LogP contribution in [0.15, 0.2) is 18.2 Å². The molecule has 0 spiro atoms. The molecule has 0 bridgehead atoms. The van der Waals surface area contributed by atoms with Crippen LogP contribution in [0, 0.1) is 17.6 Å². The molecule has 15 heavy (non-hydrogen) atoms. The Morgan fingerprint density at radius 1 is 1.20 bits per heavy atom. The molecule has 0 heterocycles. The molecule has 0 saturated carbocycles. The van der Waals surface area contributed by atoms with Gasteiger partial charge in [0.1, 0.15) is 11.6 Å². The van der Waals surface area contributed by atoms with E-state index in [0.717, 1.165) is 0 Å². The molecule has 1 unspecified atom stereocenters. The second-order valence-electron chi connectivity index (χ2n) is 4.15. The topological polar surface area (TPSA) is 26.0 Å². The van der Waals surface area contributed by atoms with Crippen molar-refractivity contribution in [1.82, 2.24) is 0 Å². The average Bonchev–Trinajstić information content (AvgIpc) is 2.16. The van der Waals surface area contributed by atoms with E-state index in [2.05, 4.69) is 0 Å². The van der Waals surface area contributed by atoms with E-state index in [1.165, 1.54) is 18.2 Å². The van der Waals surface area contributed by atoms with Gasteiger partial charge >= 0.3 is 0 Å². The third-order valence-corrected chi connectivity index (χ3v) is 2.65. The smallest absolute Gasteiger partial charge is 0.129 e. The van der Waals surface area contributed by atoms with Crippen LogP contribution in [0.3, 0.4) is 0 Å². The van der Waals surface area contributed by atoms with Gasteiger partial charge in [0.25, 0.3) is 0 Å². The Bertz CT molecular complexity index is 303. The maximum atomic E-state index is 13.2. The van der Waals surface area contributed by atoms with Gasteiger partial charge in [-0.2, -0.15) is 0 Å². The number of benzene rings is 1. The fourth-order valence-electron chi connectivity index (χ4n) is 1.42. The van der Waals surface area contributed by atoms with Gasteiger partial charge in [-0.05, 0) is 30.9 Å². The van der Waals surface area contributed by atoms with Gasteiger partial charge in [-0.25, -0.2) is 8.78 Å². The maximum Gasteiger partial charge on any atom is 0.129 e. The summed E-state index contributed by atoms with van der Waals surface area (Å²) in [5.41, 5.74) is 5.97. The molecule has 0 aliphatic rings. The first-order chi connectivity index (χ1) is 7.02. The summed E-state index contributed by atoms with van der Waals surface area (Å²) >= 11 is 0. The first-order valence-corrected chi connectivity index (χ1v) is 5.21. The lowest BCUT2D eigenvalue weighted by Gasteiger charge is -2.15. The molecule has 1 aromatic rings. The molecule has 0 radical (unpaired) electrons. The highest BCUT2D eigenvalue weighted by Crippen LogP contribution is 2.16. The number of halogens is 2. The van der Waals surface area contributed by atoms with Crippen LogP contribution < -0.4 is 5.73 Å². The minimum Gasteiger partial charge on any atom is -0.327 e. The van der Waals surface area contributed by atoms with Crippen LogP contribution in [0.25, 0.3) is 0 Å². The quantitative estimate of drug-likeness (QED) is 0.817. The Hall–Kier alpha value is -0.960. The SMILES string of the molecule is CC(C)C(N)CCc1c(F)cccc1F. The van der Waals surface area contributed by atoms with Crippen molar-refractivity contribution in [2.45, 2.75) is 32.7 Å². The summed E-state index contributed by atoms with van der Waals surface area (Å²) in [6.45, 7) is 4.00. The van der Waals surface area contributed by atoms with Gasteiger partial charge in [-0.3, -0.25) is 0 Å². The van der Waals surface area contributed by atoms with Gasteiger partial charge in [-0.1, -0.05) is 19.9 Å². The molecule has 1 rings (SSSR count). The van der Waals surface area contributed by atoms with E-state index >= 15 is 0 Å². The zero-order valence-corrected chi connectivity index (χ0v) is 9.13. The fourth-order valence-corrected chi connectivity index (χ4v) is 1.42. The van der Waals surface area contributed by atoms with Crippen molar-refractivity contribution >= 4 is 0 Å². The molecule has 1 aromatic carbocycles. The summed E-state index contributed by atoms with van der Waals surface area (Å²) in [6.07, 6.45) is 0.966. The Balaban J connectivity index is 2.65. The molecular formula is C12H17F2N. The first kappa shape index (κ1) is 12.1. The van der Waals surface area contributed by atoms with Crippen LogP contribution in [0.5, 0.6) is 0 Å². The minimum absolute atomic E-state index is 0.0102. The maximum absolute atomic E-state index is 13.2. The van der Waals surface area contributed by atoms with E-state index in [1.807, 2.05) is 13.8 Å². The van der Waals surface area contributed by atoms with Crippen molar-refractivity contribution in [3.05, 3.63) is 35.4 Å². The number of hydrogen-bond acceptors (Lipinski definition) is 1. The van der Waals surface area contributed by atoms with E-state index in [4.69, 9.17) is 5.73 Å². The predicted octanol–water partition coefficient (Wildman–Crippen LogP) is 2.88. The average molecular weight is 213 g/mol. The molecule has 0 saturated heterocycles. The minimum atomic E-state index is -0.481. The normalized spacial score (nSPS) is 13.2. The summed E-state index contributed by atoms with van der Waals surface area (Å²) < 4.78 is 26.4. The zero-order chi connectivity index (χ0) is 11.4. The molecule has 1 atom stereocenters. The summed E-state index contributed by atoms with van der Waals surface area (Å²) in [4.78, 5) is 0. The molecule has 0 aliphatic carbocycles. The molecule has 3 heteroatoms. The zero-order valence-electron chi connectivity index (χ0n) is 9.13. The molecule has 0 fully saturated rings. The molecule has 0 aliphatic heterocycles. The van der Waals surface area contributed by atoms with Crippen molar-refractivity contribution in [2.75, 3.05) is 0 Å². The lowest BCUT2D eigenvalue weighted by Crippen LogP contribution is -2.27. The first-order valence-electron chi connectivity index (χ1n) is 5.21.